The number of ether oxygens (including phenoxy) is 1. The number of para-hydroxylation sites is 1. The van der Waals surface area contributed by atoms with Crippen molar-refractivity contribution in [2.75, 3.05) is 26.7 Å². The molecule has 1 aliphatic heterocycles. The lowest BCUT2D eigenvalue weighted by Crippen LogP contribution is -2.40. The first-order chi connectivity index (χ1) is 13.7. The largest absolute Gasteiger partial charge is 0.451 e. The van der Waals surface area contributed by atoms with E-state index in [2.05, 4.69) is 27.7 Å². The van der Waals surface area contributed by atoms with Gasteiger partial charge in [0, 0.05) is 42.6 Å². The van der Waals surface area contributed by atoms with Gasteiger partial charge in [-0.15, -0.1) is 11.3 Å². The summed E-state index contributed by atoms with van der Waals surface area (Å²) < 4.78 is 11.1. The highest BCUT2D eigenvalue weighted by atomic mass is 32.1. The molecule has 1 N–H and O–H groups in total. The number of benzene rings is 1. The Balaban J connectivity index is 1.39. The van der Waals surface area contributed by atoms with Crippen molar-refractivity contribution in [1.82, 2.24) is 10.2 Å². The lowest BCUT2D eigenvalue weighted by Gasteiger charge is -2.32. The normalized spacial score (nSPS) is 17.8. The molecule has 3 aromatic rings. The average Bonchev–Trinajstić information content (AvgIpc) is 3.35. The van der Waals surface area contributed by atoms with Gasteiger partial charge in [0.1, 0.15) is 5.58 Å². The van der Waals surface area contributed by atoms with Gasteiger partial charge in [0.25, 0.3) is 5.91 Å². The molecular weight excluding hydrogens is 372 g/mol. The van der Waals surface area contributed by atoms with Crippen molar-refractivity contribution in [3.05, 3.63) is 58.0 Å². The van der Waals surface area contributed by atoms with Gasteiger partial charge in [-0.1, -0.05) is 24.3 Å². The van der Waals surface area contributed by atoms with Gasteiger partial charge in [-0.25, -0.2) is 0 Å². The molecule has 1 fully saturated rings. The number of hydrogen-bond acceptors (Lipinski definition) is 5. The molecule has 0 spiro atoms. The molecule has 1 aliphatic rings. The van der Waals surface area contributed by atoms with Crippen LogP contribution in [-0.2, 0) is 17.9 Å². The summed E-state index contributed by atoms with van der Waals surface area (Å²) in [6.45, 7) is 4.18. The molecule has 1 saturated heterocycles. The van der Waals surface area contributed by atoms with Crippen LogP contribution in [0.4, 0.5) is 0 Å². The average molecular weight is 399 g/mol. The number of rotatable bonds is 7. The first-order valence-corrected chi connectivity index (χ1v) is 10.6. The number of fused-ring (bicyclic) bond motifs is 1. The number of nitrogens with zero attached hydrogens (tertiary/aromatic N) is 1. The Bertz CT molecular complexity index is 919. The van der Waals surface area contributed by atoms with Crippen LogP contribution >= 0.6 is 11.3 Å². The molecule has 3 heterocycles. The number of nitrogens with one attached hydrogen (secondary N) is 1. The summed E-state index contributed by atoms with van der Waals surface area (Å²) in [4.78, 5) is 16.7. The topological polar surface area (TPSA) is 54.7 Å². The summed E-state index contributed by atoms with van der Waals surface area (Å²) in [7, 11) is 1.63. The van der Waals surface area contributed by atoms with Gasteiger partial charge in [-0.2, -0.15) is 0 Å². The molecule has 1 amide bonds. The van der Waals surface area contributed by atoms with E-state index < -0.39 is 0 Å². The van der Waals surface area contributed by atoms with Crippen LogP contribution in [-0.4, -0.2) is 37.6 Å². The number of furan rings is 1. The molecule has 1 atom stereocenters. The van der Waals surface area contributed by atoms with E-state index in [9.17, 15) is 4.79 Å². The van der Waals surface area contributed by atoms with Gasteiger partial charge >= 0.3 is 0 Å². The summed E-state index contributed by atoms with van der Waals surface area (Å²) >= 11 is 1.81. The molecule has 148 valence electrons. The van der Waals surface area contributed by atoms with Crippen molar-refractivity contribution in [1.29, 1.82) is 0 Å². The zero-order valence-electron chi connectivity index (χ0n) is 16.1. The number of methoxy groups -OCH3 is 1. The van der Waals surface area contributed by atoms with Crippen LogP contribution < -0.4 is 5.32 Å². The Kier molecular flexibility index (Phi) is 6.10. The van der Waals surface area contributed by atoms with Gasteiger partial charge < -0.3 is 14.5 Å². The number of piperidine rings is 1. The number of carbonyl (C=O) groups excluding carboxylic acids is 1. The fourth-order valence-electron chi connectivity index (χ4n) is 3.97. The number of likely N-dealkylation sites (tertiary alicyclic amines) is 1. The third-order valence-electron chi connectivity index (χ3n) is 5.31. The molecule has 0 aliphatic carbocycles. The van der Waals surface area contributed by atoms with Crippen LogP contribution in [0.15, 0.2) is 46.2 Å². The predicted molar refractivity (Wildman–Crippen MR) is 112 cm³/mol. The number of hydrogen-bond donors (Lipinski definition) is 1. The van der Waals surface area contributed by atoms with E-state index in [1.54, 1.807) is 18.4 Å². The quantitative estimate of drug-likeness (QED) is 0.645. The number of carbonyl (C=O) groups is 1. The van der Waals surface area contributed by atoms with E-state index in [4.69, 9.17) is 9.15 Å². The predicted octanol–water partition coefficient (Wildman–Crippen LogP) is 4.28. The monoisotopic (exact) mass is 398 g/mol. The minimum Gasteiger partial charge on any atom is -0.451 e. The summed E-state index contributed by atoms with van der Waals surface area (Å²) in [6, 6.07) is 12.0. The van der Waals surface area contributed by atoms with Crippen molar-refractivity contribution in [3.8, 4) is 0 Å². The minimum atomic E-state index is -0.154. The minimum absolute atomic E-state index is 0.154. The highest BCUT2D eigenvalue weighted by Crippen LogP contribution is 2.27. The van der Waals surface area contributed by atoms with Gasteiger partial charge in [0.05, 0.1) is 6.61 Å². The van der Waals surface area contributed by atoms with Crippen molar-refractivity contribution in [2.24, 2.45) is 5.92 Å². The number of thiophene rings is 1. The van der Waals surface area contributed by atoms with E-state index in [1.165, 1.54) is 11.3 Å². The molecular formula is C22H26N2O3S. The molecule has 0 saturated carbocycles. The third-order valence-corrected chi connectivity index (χ3v) is 6.17. The molecule has 28 heavy (non-hydrogen) atoms. The Morgan fingerprint density at radius 1 is 1.32 bits per heavy atom. The summed E-state index contributed by atoms with van der Waals surface area (Å²) in [5.74, 6) is 0.681. The van der Waals surface area contributed by atoms with Crippen LogP contribution in [0.5, 0.6) is 0 Å². The molecule has 0 bridgehead atoms. The Hall–Kier alpha value is -2.15. The fraction of sp³-hybridized carbons (Fsp3) is 0.409. The summed E-state index contributed by atoms with van der Waals surface area (Å²) in [6.07, 6.45) is 2.32. The second-order valence-corrected chi connectivity index (χ2v) is 8.40. The SMILES string of the molecule is COCc1c(C(=O)NCC2CCCN(Cc3cccs3)C2)oc2ccccc12. The third kappa shape index (κ3) is 4.29. The smallest absolute Gasteiger partial charge is 0.287 e. The lowest BCUT2D eigenvalue weighted by atomic mass is 9.98. The molecule has 0 radical (unpaired) electrons. The van der Waals surface area contributed by atoms with E-state index in [0.29, 0.717) is 24.8 Å². The van der Waals surface area contributed by atoms with Crippen molar-refractivity contribution in [3.63, 3.8) is 0 Å². The highest BCUT2D eigenvalue weighted by molar-refractivity contribution is 7.09. The van der Waals surface area contributed by atoms with Crippen LogP contribution in [0.3, 0.4) is 0 Å². The van der Waals surface area contributed by atoms with Crippen LogP contribution in [0.1, 0.15) is 33.8 Å². The Morgan fingerprint density at radius 3 is 3.04 bits per heavy atom. The standard InChI is InChI=1S/C22H26N2O3S/c1-26-15-19-18-8-2-3-9-20(18)27-21(19)22(25)23-12-16-6-4-10-24(13-16)14-17-7-5-11-28-17/h2-3,5,7-9,11,16H,4,6,10,12-15H2,1H3,(H,23,25). The maximum atomic E-state index is 12.8. The lowest BCUT2D eigenvalue weighted by molar-refractivity contribution is 0.0899. The second-order valence-electron chi connectivity index (χ2n) is 7.37. The maximum Gasteiger partial charge on any atom is 0.287 e. The first kappa shape index (κ1) is 19.2. The summed E-state index contributed by atoms with van der Waals surface area (Å²) in [5.41, 5.74) is 1.54. The number of amides is 1. The van der Waals surface area contributed by atoms with Gasteiger partial charge in [-0.3, -0.25) is 9.69 Å². The van der Waals surface area contributed by atoms with Gasteiger partial charge in [0.2, 0.25) is 0 Å². The van der Waals surface area contributed by atoms with Crippen molar-refractivity contribution >= 4 is 28.2 Å². The van der Waals surface area contributed by atoms with Gasteiger partial charge in [-0.05, 0) is 42.8 Å². The molecule has 5 nitrogen and oxygen atoms in total. The van der Waals surface area contributed by atoms with E-state index in [0.717, 1.165) is 42.6 Å². The van der Waals surface area contributed by atoms with E-state index in [1.807, 2.05) is 24.3 Å². The van der Waals surface area contributed by atoms with Crippen LogP contribution in [0, 0.1) is 5.92 Å². The fourth-order valence-corrected chi connectivity index (χ4v) is 4.72. The molecule has 1 aromatic carbocycles. The van der Waals surface area contributed by atoms with Crippen molar-refractivity contribution in [2.45, 2.75) is 26.0 Å². The summed E-state index contributed by atoms with van der Waals surface area (Å²) in [5, 5.41) is 6.16. The zero-order chi connectivity index (χ0) is 19.3. The highest BCUT2D eigenvalue weighted by Gasteiger charge is 2.24. The maximum absolute atomic E-state index is 12.8. The molecule has 4 rings (SSSR count). The van der Waals surface area contributed by atoms with Crippen molar-refractivity contribution < 1.29 is 13.9 Å². The zero-order valence-corrected chi connectivity index (χ0v) is 17.0. The van der Waals surface area contributed by atoms with Crippen LogP contribution in [0.25, 0.3) is 11.0 Å². The molecule has 6 heteroatoms. The first-order valence-electron chi connectivity index (χ1n) is 9.77. The Labute approximate surface area is 169 Å². The Morgan fingerprint density at radius 2 is 2.21 bits per heavy atom. The van der Waals surface area contributed by atoms with E-state index >= 15 is 0 Å². The molecule has 1 unspecified atom stereocenters. The van der Waals surface area contributed by atoms with E-state index in [-0.39, 0.29) is 5.91 Å². The van der Waals surface area contributed by atoms with Gasteiger partial charge in [0.15, 0.2) is 5.76 Å². The second kappa shape index (κ2) is 8.90. The molecule has 2 aromatic heterocycles. The van der Waals surface area contributed by atoms with Crippen LogP contribution in [0.2, 0.25) is 0 Å².